The summed E-state index contributed by atoms with van der Waals surface area (Å²) < 4.78 is 0. The van der Waals surface area contributed by atoms with Crippen molar-refractivity contribution < 1.29 is 10.2 Å². The monoisotopic (exact) mass is 243 g/mol. The second kappa shape index (κ2) is 5.53. The quantitative estimate of drug-likeness (QED) is 0.559. The maximum absolute atomic E-state index is 9.91. The standard InChI is InChI=1S/C12H18ClNO2/c1-7-5-9(6-8(2)11(7)14)12(16)10(15)3-4-13/h5-6,10,12,15-16H,3-4,14H2,1-2H3. The fourth-order valence-electron chi connectivity index (χ4n) is 1.67. The first-order chi connectivity index (χ1) is 7.47. The van der Waals surface area contributed by atoms with Gasteiger partial charge in [-0.05, 0) is 37.0 Å². The molecule has 0 aliphatic carbocycles. The smallest absolute Gasteiger partial charge is 0.105 e. The molecule has 0 bridgehead atoms. The highest BCUT2D eigenvalue weighted by atomic mass is 35.5. The average Bonchev–Trinajstić information content (AvgIpc) is 2.24. The van der Waals surface area contributed by atoms with E-state index in [0.29, 0.717) is 17.9 Å². The molecule has 1 rings (SSSR count). The van der Waals surface area contributed by atoms with Crippen LogP contribution in [0, 0.1) is 13.8 Å². The van der Waals surface area contributed by atoms with Gasteiger partial charge in [-0.25, -0.2) is 0 Å². The minimum Gasteiger partial charge on any atom is -0.398 e. The van der Waals surface area contributed by atoms with Crippen molar-refractivity contribution in [2.45, 2.75) is 32.5 Å². The Hall–Kier alpha value is -0.770. The highest BCUT2D eigenvalue weighted by molar-refractivity contribution is 6.17. The van der Waals surface area contributed by atoms with Gasteiger partial charge in [0, 0.05) is 11.6 Å². The first kappa shape index (κ1) is 13.3. The molecule has 0 aromatic heterocycles. The number of benzene rings is 1. The molecule has 3 nitrogen and oxygen atoms in total. The highest BCUT2D eigenvalue weighted by Crippen LogP contribution is 2.25. The molecule has 0 aliphatic rings. The lowest BCUT2D eigenvalue weighted by Crippen LogP contribution is -2.19. The number of anilines is 1. The van der Waals surface area contributed by atoms with Crippen molar-refractivity contribution in [2.24, 2.45) is 0 Å². The van der Waals surface area contributed by atoms with Gasteiger partial charge in [0.15, 0.2) is 0 Å². The van der Waals surface area contributed by atoms with Crippen LogP contribution in [0.1, 0.15) is 29.2 Å². The van der Waals surface area contributed by atoms with Crippen molar-refractivity contribution in [1.29, 1.82) is 0 Å². The van der Waals surface area contributed by atoms with Crippen molar-refractivity contribution in [1.82, 2.24) is 0 Å². The van der Waals surface area contributed by atoms with Crippen LogP contribution in [-0.2, 0) is 0 Å². The van der Waals surface area contributed by atoms with Gasteiger partial charge in [-0.3, -0.25) is 0 Å². The molecule has 0 spiro atoms. The lowest BCUT2D eigenvalue weighted by molar-refractivity contribution is 0.0169. The van der Waals surface area contributed by atoms with E-state index in [1.165, 1.54) is 0 Å². The third-order valence-corrected chi connectivity index (χ3v) is 2.95. The molecule has 4 N–H and O–H groups in total. The van der Waals surface area contributed by atoms with Crippen LogP contribution in [0.4, 0.5) is 5.69 Å². The Labute approximate surface area is 101 Å². The van der Waals surface area contributed by atoms with Crippen LogP contribution in [0.5, 0.6) is 0 Å². The molecule has 0 amide bonds. The zero-order chi connectivity index (χ0) is 12.3. The number of nitrogen functional groups attached to an aromatic ring is 1. The Kier molecular flexibility index (Phi) is 4.59. The van der Waals surface area contributed by atoms with Crippen LogP contribution in [0.3, 0.4) is 0 Å². The highest BCUT2D eigenvalue weighted by Gasteiger charge is 2.18. The Morgan fingerprint density at radius 1 is 1.25 bits per heavy atom. The number of aryl methyl sites for hydroxylation is 2. The van der Waals surface area contributed by atoms with Crippen LogP contribution >= 0.6 is 11.6 Å². The molecular formula is C12H18ClNO2. The molecule has 2 unspecified atom stereocenters. The van der Waals surface area contributed by atoms with Crippen LogP contribution in [-0.4, -0.2) is 22.2 Å². The Balaban J connectivity index is 2.96. The predicted molar refractivity (Wildman–Crippen MR) is 66.6 cm³/mol. The van der Waals surface area contributed by atoms with Crippen LogP contribution < -0.4 is 5.73 Å². The van der Waals surface area contributed by atoms with Crippen molar-refractivity contribution in [3.63, 3.8) is 0 Å². The molecule has 2 atom stereocenters. The predicted octanol–water partition coefficient (Wildman–Crippen LogP) is 1.91. The SMILES string of the molecule is Cc1cc(C(O)C(O)CCCl)cc(C)c1N. The molecule has 4 heteroatoms. The number of aliphatic hydroxyl groups is 2. The van der Waals surface area contributed by atoms with Crippen molar-refractivity contribution >= 4 is 17.3 Å². The third kappa shape index (κ3) is 2.88. The lowest BCUT2D eigenvalue weighted by Gasteiger charge is -2.19. The Bertz CT molecular complexity index is 345. The van der Waals surface area contributed by atoms with Crippen molar-refractivity contribution in [3.8, 4) is 0 Å². The molecule has 90 valence electrons. The minimum absolute atomic E-state index is 0.325. The number of halogens is 1. The molecule has 0 fully saturated rings. The van der Waals surface area contributed by atoms with E-state index < -0.39 is 12.2 Å². The summed E-state index contributed by atoms with van der Waals surface area (Å²) in [5, 5.41) is 19.6. The van der Waals surface area contributed by atoms with E-state index in [9.17, 15) is 10.2 Å². The van der Waals surface area contributed by atoms with E-state index in [0.717, 1.165) is 16.8 Å². The molecule has 0 radical (unpaired) electrons. The summed E-state index contributed by atoms with van der Waals surface area (Å²) in [5.41, 5.74) is 9.05. The van der Waals surface area contributed by atoms with Gasteiger partial charge in [-0.2, -0.15) is 0 Å². The Morgan fingerprint density at radius 3 is 2.19 bits per heavy atom. The zero-order valence-corrected chi connectivity index (χ0v) is 10.3. The van der Waals surface area contributed by atoms with E-state index in [2.05, 4.69) is 0 Å². The number of alkyl halides is 1. The number of rotatable bonds is 4. The van der Waals surface area contributed by atoms with Crippen molar-refractivity contribution in [2.75, 3.05) is 11.6 Å². The topological polar surface area (TPSA) is 66.5 Å². The Morgan fingerprint density at radius 2 is 1.75 bits per heavy atom. The van der Waals surface area contributed by atoms with Gasteiger partial charge in [0.1, 0.15) is 6.10 Å². The summed E-state index contributed by atoms with van der Waals surface area (Å²) >= 11 is 5.52. The molecule has 0 saturated carbocycles. The van der Waals surface area contributed by atoms with Gasteiger partial charge < -0.3 is 15.9 Å². The molecule has 1 aromatic rings. The van der Waals surface area contributed by atoms with Gasteiger partial charge in [0.2, 0.25) is 0 Å². The first-order valence-electron chi connectivity index (χ1n) is 5.26. The van der Waals surface area contributed by atoms with Gasteiger partial charge in [-0.1, -0.05) is 12.1 Å². The van der Waals surface area contributed by atoms with Gasteiger partial charge in [-0.15, -0.1) is 11.6 Å². The van der Waals surface area contributed by atoms with E-state index in [1.807, 2.05) is 13.8 Å². The summed E-state index contributed by atoms with van der Waals surface area (Å²) in [5.74, 6) is 0.325. The van der Waals surface area contributed by atoms with Gasteiger partial charge >= 0.3 is 0 Å². The minimum atomic E-state index is -0.906. The van der Waals surface area contributed by atoms with E-state index in [-0.39, 0.29) is 0 Å². The lowest BCUT2D eigenvalue weighted by atomic mass is 9.97. The number of nitrogens with two attached hydrogens (primary N) is 1. The summed E-state index contributed by atoms with van der Waals surface area (Å²) in [7, 11) is 0. The number of hydrogen-bond donors (Lipinski definition) is 3. The molecule has 0 heterocycles. The number of hydrogen-bond acceptors (Lipinski definition) is 3. The summed E-state index contributed by atoms with van der Waals surface area (Å²) in [6, 6.07) is 3.59. The second-order valence-electron chi connectivity index (χ2n) is 4.06. The zero-order valence-electron chi connectivity index (χ0n) is 9.57. The summed E-state index contributed by atoms with van der Waals surface area (Å²) in [6.45, 7) is 3.76. The van der Waals surface area contributed by atoms with Gasteiger partial charge in [0.05, 0.1) is 6.10 Å². The van der Waals surface area contributed by atoms with Crippen LogP contribution in [0.25, 0.3) is 0 Å². The molecule has 0 aliphatic heterocycles. The van der Waals surface area contributed by atoms with Crippen LogP contribution in [0.2, 0.25) is 0 Å². The fraction of sp³-hybridized carbons (Fsp3) is 0.500. The first-order valence-corrected chi connectivity index (χ1v) is 5.79. The fourth-order valence-corrected chi connectivity index (χ4v) is 1.89. The molecule has 1 aromatic carbocycles. The average molecular weight is 244 g/mol. The third-order valence-electron chi connectivity index (χ3n) is 2.73. The van der Waals surface area contributed by atoms with E-state index in [1.54, 1.807) is 12.1 Å². The number of aliphatic hydroxyl groups excluding tert-OH is 2. The molecule has 0 saturated heterocycles. The van der Waals surface area contributed by atoms with Crippen molar-refractivity contribution in [3.05, 3.63) is 28.8 Å². The van der Waals surface area contributed by atoms with Crippen LogP contribution in [0.15, 0.2) is 12.1 Å². The van der Waals surface area contributed by atoms with Gasteiger partial charge in [0.25, 0.3) is 0 Å². The summed E-state index contributed by atoms with van der Waals surface area (Å²) in [6.07, 6.45) is -1.37. The maximum atomic E-state index is 9.91. The largest absolute Gasteiger partial charge is 0.398 e. The molecule has 16 heavy (non-hydrogen) atoms. The second-order valence-corrected chi connectivity index (χ2v) is 4.44. The van der Waals surface area contributed by atoms with E-state index in [4.69, 9.17) is 17.3 Å². The van der Waals surface area contributed by atoms with E-state index >= 15 is 0 Å². The molecular weight excluding hydrogens is 226 g/mol. The maximum Gasteiger partial charge on any atom is 0.105 e. The normalized spacial score (nSPS) is 14.8. The summed E-state index contributed by atoms with van der Waals surface area (Å²) in [4.78, 5) is 0.